The molecule has 1 fully saturated rings. The number of para-hydroxylation sites is 1. The number of nitrogens with zero attached hydrogens (tertiary/aromatic N) is 2. The topological polar surface area (TPSA) is 84.0 Å². The quantitative estimate of drug-likeness (QED) is 0.462. The van der Waals surface area contributed by atoms with Gasteiger partial charge in [0, 0.05) is 25.7 Å². The molecule has 0 bridgehead atoms. The molecule has 0 saturated carbocycles. The second kappa shape index (κ2) is 10.4. The van der Waals surface area contributed by atoms with E-state index in [4.69, 9.17) is 4.74 Å². The largest absolute Gasteiger partial charge is 0.449 e. The van der Waals surface area contributed by atoms with Crippen LogP contribution in [0, 0.1) is 0 Å². The molecular weight excluding hydrogens is 452 g/mol. The van der Waals surface area contributed by atoms with Crippen LogP contribution >= 0.6 is 0 Å². The molecule has 2 aromatic rings. The number of likely N-dealkylation sites (tertiary alicyclic amines) is 1. The third-order valence-corrected chi connectivity index (χ3v) is 8.11. The van der Waals surface area contributed by atoms with Gasteiger partial charge in [0.05, 0.1) is 10.6 Å². The average Bonchev–Trinajstić information content (AvgIpc) is 3.10. The lowest BCUT2D eigenvalue weighted by Gasteiger charge is -2.23. The minimum Gasteiger partial charge on any atom is -0.449 e. The smallest absolute Gasteiger partial charge is 0.331 e. The number of carbonyl (C=O) groups excluding carboxylic acids is 2. The SMILES string of the molecule is CC(OC(=O)/C=C/c1ccc(S(=O)(=O)N2CCc3ccccc32)cc1)C(=O)N1CCCCCC1. The Morgan fingerprint density at radius 2 is 1.62 bits per heavy atom. The highest BCUT2D eigenvalue weighted by Gasteiger charge is 2.30. The summed E-state index contributed by atoms with van der Waals surface area (Å²) in [5.74, 6) is -0.775. The minimum atomic E-state index is -3.66. The number of ether oxygens (including phenoxy) is 1. The molecule has 34 heavy (non-hydrogen) atoms. The predicted octanol–water partition coefficient (Wildman–Crippen LogP) is 3.79. The van der Waals surface area contributed by atoms with Gasteiger partial charge in [0.1, 0.15) is 0 Å². The van der Waals surface area contributed by atoms with Crippen LogP contribution in [0.1, 0.15) is 43.7 Å². The molecule has 0 radical (unpaired) electrons. The predicted molar refractivity (Wildman–Crippen MR) is 131 cm³/mol. The van der Waals surface area contributed by atoms with Gasteiger partial charge >= 0.3 is 5.97 Å². The van der Waals surface area contributed by atoms with E-state index in [9.17, 15) is 18.0 Å². The summed E-state index contributed by atoms with van der Waals surface area (Å²) in [6.45, 7) is 3.42. The molecule has 1 saturated heterocycles. The Bertz CT molecular complexity index is 1170. The van der Waals surface area contributed by atoms with Gasteiger partial charge in [0.15, 0.2) is 6.10 Å². The van der Waals surface area contributed by atoms with Crippen molar-refractivity contribution in [3.05, 3.63) is 65.7 Å². The van der Waals surface area contributed by atoms with E-state index < -0.39 is 22.1 Å². The van der Waals surface area contributed by atoms with Crippen molar-refractivity contribution < 1.29 is 22.7 Å². The Morgan fingerprint density at radius 1 is 0.941 bits per heavy atom. The minimum absolute atomic E-state index is 0.165. The van der Waals surface area contributed by atoms with Crippen LogP contribution in [0.2, 0.25) is 0 Å². The van der Waals surface area contributed by atoms with Crippen LogP contribution < -0.4 is 4.31 Å². The average molecular weight is 483 g/mol. The first kappa shape index (κ1) is 24.0. The van der Waals surface area contributed by atoms with Gasteiger partial charge in [-0.15, -0.1) is 0 Å². The van der Waals surface area contributed by atoms with E-state index in [1.54, 1.807) is 30.0 Å². The molecule has 0 spiro atoms. The standard InChI is InChI=1S/C26H30N2O5S/c1-20(26(30)27-17-6-2-3-7-18-27)33-25(29)15-12-21-10-13-23(14-11-21)34(31,32)28-19-16-22-8-4-5-9-24(22)28/h4-5,8-15,20H,2-3,6-7,16-19H2,1H3/b15-12+. The highest BCUT2D eigenvalue weighted by Crippen LogP contribution is 2.32. The number of carbonyl (C=O) groups is 2. The van der Waals surface area contributed by atoms with Crippen molar-refractivity contribution in [3.8, 4) is 0 Å². The van der Waals surface area contributed by atoms with E-state index in [1.807, 2.05) is 24.3 Å². The van der Waals surface area contributed by atoms with Gasteiger partial charge in [0.25, 0.3) is 15.9 Å². The molecule has 2 aromatic carbocycles. The van der Waals surface area contributed by atoms with Crippen molar-refractivity contribution in [3.63, 3.8) is 0 Å². The van der Waals surface area contributed by atoms with E-state index in [1.165, 1.54) is 22.5 Å². The molecule has 0 aromatic heterocycles. The zero-order chi connectivity index (χ0) is 24.1. The van der Waals surface area contributed by atoms with E-state index in [2.05, 4.69) is 0 Å². The molecule has 0 N–H and O–H groups in total. The molecule has 1 amide bonds. The normalized spacial score (nSPS) is 17.3. The lowest BCUT2D eigenvalue weighted by molar-refractivity contribution is -0.155. The van der Waals surface area contributed by atoms with Gasteiger partial charge in [-0.3, -0.25) is 9.10 Å². The molecular formula is C26H30N2O5S. The van der Waals surface area contributed by atoms with Crippen molar-refractivity contribution in [1.29, 1.82) is 0 Å². The molecule has 1 unspecified atom stereocenters. The van der Waals surface area contributed by atoms with Crippen LogP contribution in [0.4, 0.5) is 5.69 Å². The van der Waals surface area contributed by atoms with E-state index in [-0.39, 0.29) is 10.8 Å². The summed E-state index contributed by atoms with van der Waals surface area (Å²) < 4.78 is 32.9. The number of hydrogen-bond acceptors (Lipinski definition) is 5. The molecule has 2 heterocycles. The second-order valence-corrected chi connectivity index (χ2v) is 10.5. The van der Waals surface area contributed by atoms with Gasteiger partial charge in [-0.25, -0.2) is 13.2 Å². The number of anilines is 1. The van der Waals surface area contributed by atoms with Crippen molar-refractivity contribution in [1.82, 2.24) is 4.90 Å². The van der Waals surface area contributed by atoms with Crippen LogP contribution in [0.3, 0.4) is 0 Å². The number of esters is 1. The zero-order valence-electron chi connectivity index (χ0n) is 19.4. The number of rotatable bonds is 6. The van der Waals surface area contributed by atoms with Crippen LogP contribution in [-0.4, -0.2) is 50.9 Å². The Hall–Kier alpha value is -3.13. The van der Waals surface area contributed by atoms with Crippen LogP contribution in [0.15, 0.2) is 59.5 Å². The van der Waals surface area contributed by atoms with Crippen LogP contribution in [0.5, 0.6) is 0 Å². The third-order valence-electron chi connectivity index (χ3n) is 6.28. The summed E-state index contributed by atoms with van der Waals surface area (Å²) >= 11 is 0. The molecule has 7 nitrogen and oxygen atoms in total. The summed E-state index contributed by atoms with van der Waals surface area (Å²) in [7, 11) is -3.66. The molecule has 0 aliphatic carbocycles. The fourth-order valence-electron chi connectivity index (χ4n) is 4.41. The highest BCUT2D eigenvalue weighted by molar-refractivity contribution is 7.92. The number of benzene rings is 2. The van der Waals surface area contributed by atoms with E-state index in [0.717, 1.165) is 36.9 Å². The molecule has 1 atom stereocenters. The van der Waals surface area contributed by atoms with Crippen molar-refractivity contribution in [2.24, 2.45) is 0 Å². The number of hydrogen-bond donors (Lipinski definition) is 0. The van der Waals surface area contributed by atoms with Gasteiger partial charge in [-0.05, 0) is 61.6 Å². The summed E-state index contributed by atoms with van der Waals surface area (Å²) in [5.41, 5.74) is 2.40. The van der Waals surface area contributed by atoms with Crippen molar-refractivity contribution in [2.75, 3.05) is 23.9 Å². The maximum absolute atomic E-state index is 13.1. The first-order valence-corrected chi connectivity index (χ1v) is 13.2. The highest BCUT2D eigenvalue weighted by atomic mass is 32.2. The zero-order valence-corrected chi connectivity index (χ0v) is 20.2. The maximum Gasteiger partial charge on any atom is 0.331 e. The first-order chi connectivity index (χ1) is 16.4. The Morgan fingerprint density at radius 3 is 2.32 bits per heavy atom. The summed E-state index contributed by atoms with van der Waals surface area (Å²) in [5, 5.41) is 0. The summed E-state index contributed by atoms with van der Waals surface area (Å²) in [6.07, 6.45) is 6.84. The van der Waals surface area contributed by atoms with Crippen LogP contribution in [-0.2, 0) is 30.8 Å². The van der Waals surface area contributed by atoms with Crippen molar-refractivity contribution >= 4 is 33.7 Å². The van der Waals surface area contributed by atoms with Crippen molar-refractivity contribution in [2.45, 2.75) is 50.0 Å². The van der Waals surface area contributed by atoms with E-state index >= 15 is 0 Å². The number of sulfonamides is 1. The lowest BCUT2D eigenvalue weighted by atomic mass is 10.2. The molecule has 2 aliphatic rings. The first-order valence-electron chi connectivity index (χ1n) is 11.7. The number of fused-ring (bicyclic) bond motifs is 1. The van der Waals surface area contributed by atoms with E-state index in [0.29, 0.717) is 31.6 Å². The Kier molecular flexibility index (Phi) is 7.36. The molecule has 4 rings (SSSR count). The Balaban J connectivity index is 1.36. The molecule has 8 heteroatoms. The summed E-state index contributed by atoms with van der Waals surface area (Å²) in [6, 6.07) is 13.9. The van der Waals surface area contributed by atoms with Gasteiger partial charge < -0.3 is 9.64 Å². The maximum atomic E-state index is 13.1. The van der Waals surface area contributed by atoms with Gasteiger partial charge in [-0.1, -0.05) is 43.2 Å². The summed E-state index contributed by atoms with van der Waals surface area (Å²) in [4.78, 5) is 26.7. The van der Waals surface area contributed by atoms with Gasteiger partial charge in [0.2, 0.25) is 0 Å². The monoisotopic (exact) mass is 482 g/mol. The number of amides is 1. The van der Waals surface area contributed by atoms with Crippen LogP contribution in [0.25, 0.3) is 6.08 Å². The molecule has 180 valence electrons. The fourth-order valence-corrected chi connectivity index (χ4v) is 5.92. The molecule has 2 aliphatic heterocycles. The Labute approximate surface area is 201 Å². The fraction of sp³-hybridized carbons (Fsp3) is 0.385. The second-order valence-electron chi connectivity index (χ2n) is 8.68. The lowest BCUT2D eigenvalue weighted by Crippen LogP contribution is -2.40. The third kappa shape index (κ3) is 5.33. The van der Waals surface area contributed by atoms with Gasteiger partial charge in [-0.2, -0.15) is 0 Å².